The van der Waals surface area contributed by atoms with Crippen molar-refractivity contribution in [2.75, 3.05) is 0 Å². The third-order valence-electron chi connectivity index (χ3n) is 8.52. The van der Waals surface area contributed by atoms with Gasteiger partial charge >= 0.3 is 0 Å². The predicted molar refractivity (Wildman–Crippen MR) is 190 cm³/mol. The van der Waals surface area contributed by atoms with Crippen LogP contribution in [0.4, 0.5) is 0 Å². The number of furan rings is 1. The fraction of sp³-hybridized carbons (Fsp3) is 0. The number of benzene rings is 8. The van der Waals surface area contributed by atoms with Crippen LogP contribution in [0, 0.1) is 0 Å². The monoisotopic (exact) mass is 580 g/mol. The first-order chi connectivity index (χ1) is 25.7. The highest BCUT2D eigenvalue weighted by atomic mass is 16.3. The molecule has 9 rings (SSSR count). The van der Waals surface area contributed by atoms with Gasteiger partial charge in [-0.25, -0.2) is 0 Å². The van der Waals surface area contributed by atoms with Gasteiger partial charge in [-0.3, -0.25) is 0 Å². The molecule has 1 heteroatoms. The lowest BCUT2D eigenvalue weighted by Crippen LogP contribution is -1.95. The average Bonchev–Trinajstić information content (AvgIpc) is 3.58. The van der Waals surface area contributed by atoms with Gasteiger partial charge < -0.3 is 4.42 Å². The Morgan fingerprint density at radius 1 is 0.356 bits per heavy atom. The van der Waals surface area contributed by atoms with Crippen LogP contribution >= 0.6 is 0 Å². The maximum Gasteiger partial charge on any atom is 0.135 e. The molecule has 0 bridgehead atoms. The first-order valence-electron chi connectivity index (χ1n) is 18.8. The van der Waals surface area contributed by atoms with Gasteiger partial charge in [-0.2, -0.15) is 0 Å². The summed E-state index contributed by atoms with van der Waals surface area (Å²) in [5.74, 6) is 0. The Hall–Kier alpha value is -5.92. The smallest absolute Gasteiger partial charge is 0.135 e. The second-order valence-corrected chi connectivity index (χ2v) is 11.0. The lowest BCUT2D eigenvalue weighted by atomic mass is 9.81. The molecule has 0 atom stereocenters. The van der Waals surface area contributed by atoms with E-state index in [0.717, 1.165) is 33.0 Å². The average molecular weight is 581 g/mol. The highest BCUT2D eigenvalue weighted by Crippen LogP contribution is 2.49. The van der Waals surface area contributed by atoms with Crippen LogP contribution in [0.5, 0.6) is 0 Å². The molecule has 0 saturated heterocycles. The molecule has 0 unspecified atom stereocenters. The normalized spacial score (nSPS) is 14.0. The van der Waals surface area contributed by atoms with Crippen molar-refractivity contribution in [3.63, 3.8) is 0 Å². The van der Waals surface area contributed by atoms with Gasteiger partial charge in [0.15, 0.2) is 0 Å². The number of fused-ring (bicyclic) bond motifs is 5. The summed E-state index contributed by atoms with van der Waals surface area (Å²) in [6, 6.07) is 35.2. The van der Waals surface area contributed by atoms with Crippen molar-refractivity contribution in [3.05, 3.63) is 170 Å². The molecule has 0 aliphatic heterocycles. The predicted octanol–water partition coefficient (Wildman–Crippen LogP) is 12.6. The molecule has 45 heavy (non-hydrogen) atoms. The zero-order chi connectivity index (χ0) is 36.7. The zero-order valence-electron chi connectivity index (χ0n) is 32.0. The van der Waals surface area contributed by atoms with Gasteiger partial charge in [-0.05, 0) is 84.3 Å². The molecule has 0 amide bonds. The minimum Gasteiger partial charge on any atom is -0.456 e. The van der Waals surface area contributed by atoms with Crippen LogP contribution in [0.2, 0.25) is 0 Å². The van der Waals surface area contributed by atoms with Crippen LogP contribution in [0.3, 0.4) is 0 Å². The van der Waals surface area contributed by atoms with Crippen LogP contribution in [0.25, 0.3) is 88.0 Å². The fourth-order valence-electron chi connectivity index (χ4n) is 6.58. The van der Waals surface area contributed by atoms with E-state index in [4.69, 9.17) is 9.90 Å². The summed E-state index contributed by atoms with van der Waals surface area (Å²) in [6.45, 7) is 0. The summed E-state index contributed by atoms with van der Waals surface area (Å²) < 4.78 is 79.8. The third-order valence-corrected chi connectivity index (χ3v) is 8.52. The highest BCUT2D eigenvalue weighted by Gasteiger charge is 2.22. The summed E-state index contributed by atoms with van der Waals surface area (Å²) in [7, 11) is 0. The molecule has 0 radical (unpaired) electrons. The van der Waals surface area contributed by atoms with E-state index >= 15 is 0 Å². The molecule has 1 aromatic heterocycles. The molecule has 1 heterocycles. The van der Waals surface area contributed by atoms with Crippen molar-refractivity contribution < 1.29 is 15.4 Å². The quantitative estimate of drug-likeness (QED) is 0.189. The molecule has 1 nitrogen and oxygen atoms in total. The SMILES string of the molecule is [2H]c1c([2H])c([2H])c2c(-c3c(-c4ccccc4)cccc3-c3ccccc3)c3c([2H])c([2H])c([2H])c([2H])c3c(-c3ccc4oc5ccccc5c4c3)c2c1[2H]. The van der Waals surface area contributed by atoms with Crippen molar-refractivity contribution in [1.82, 2.24) is 0 Å². The molecular formula is C44H28O. The maximum absolute atomic E-state index is 9.54. The van der Waals surface area contributed by atoms with E-state index in [1.807, 2.05) is 109 Å². The molecule has 0 fully saturated rings. The van der Waals surface area contributed by atoms with Gasteiger partial charge in [0.1, 0.15) is 11.2 Å². The molecule has 0 aliphatic rings. The van der Waals surface area contributed by atoms with Gasteiger partial charge in [-0.15, -0.1) is 0 Å². The summed E-state index contributed by atoms with van der Waals surface area (Å²) in [5, 5.41) is 2.28. The summed E-state index contributed by atoms with van der Waals surface area (Å²) in [4.78, 5) is 0. The van der Waals surface area contributed by atoms with Crippen LogP contribution in [0.1, 0.15) is 11.0 Å². The lowest BCUT2D eigenvalue weighted by Gasteiger charge is -2.22. The van der Waals surface area contributed by atoms with Crippen LogP contribution < -0.4 is 0 Å². The van der Waals surface area contributed by atoms with Gasteiger partial charge in [0, 0.05) is 10.8 Å². The van der Waals surface area contributed by atoms with Crippen molar-refractivity contribution in [3.8, 4) is 44.5 Å². The lowest BCUT2D eigenvalue weighted by molar-refractivity contribution is 0.669. The number of rotatable bonds is 4. The van der Waals surface area contributed by atoms with Gasteiger partial charge in [-0.1, -0.05) is 151 Å². The second-order valence-electron chi connectivity index (χ2n) is 11.0. The van der Waals surface area contributed by atoms with Crippen LogP contribution in [-0.2, 0) is 0 Å². The second kappa shape index (κ2) is 10.4. The van der Waals surface area contributed by atoms with Crippen LogP contribution in [-0.4, -0.2) is 0 Å². The van der Waals surface area contributed by atoms with E-state index < -0.39 is 24.2 Å². The van der Waals surface area contributed by atoms with Gasteiger partial charge in [0.25, 0.3) is 0 Å². The Morgan fingerprint density at radius 2 is 0.867 bits per heavy atom. The minimum absolute atomic E-state index is 0.164. The summed E-state index contributed by atoms with van der Waals surface area (Å²) in [5.41, 5.74) is 6.19. The number of para-hydroxylation sites is 1. The van der Waals surface area contributed by atoms with Gasteiger partial charge in [0.05, 0.1) is 11.0 Å². The zero-order valence-corrected chi connectivity index (χ0v) is 24.0. The highest BCUT2D eigenvalue weighted by molar-refractivity contribution is 6.24. The topological polar surface area (TPSA) is 13.1 Å². The van der Waals surface area contributed by atoms with E-state index in [1.54, 1.807) is 12.1 Å². The molecular weight excluding hydrogens is 544 g/mol. The Bertz CT molecular complexity index is 2830. The Balaban J connectivity index is 1.59. The number of hydrogen-bond acceptors (Lipinski definition) is 1. The largest absolute Gasteiger partial charge is 0.456 e. The molecule has 0 saturated carbocycles. The van der Waals surface area contributed by atoms with Crippen molar-refractivity contribution in [1.29, 1.82) is 0 Å². The Morgan fingerprint density at radius 3 is 1.47 bits per heavy atom. The van der Waals surface area contributed by atoms with Crippen molar-refractivity contribution in [2.45, 2.75) is 0 Å². The molecule has 0 N–H and O–H groups in total. The summed E-state index contributed by atoms with van der Waals surface area (Å²) >= 11 is 0. The van der Waals surface area contributed by atoms with Crippen LogP contribution in [0.15, 0.2) is 174 Å². The van der Waals surface area contributed by atoms with E-state index in [2.05, 4.69) is 0 Å². The molecule has 8 aromatic carbocycles. The molecule has 210 valence electrons. The van der Waals surface area contributed by atoms with E-state index in [9.17, 15) is 5.48 Å². The van der Waals surface area contributed by atoms with Crippen molar-refractivity contribution in [2.24, 2.45) is 0 Å². The first kappa shape index (κ1) is 18.7. The summed E-state index contributed by atoms with van der Waals surface area (Å²) in [6.07, 6.45) is 0. The fourth-order valence-corrected chi connectivity index (χ4v) is 6.58. The maximum atomic E-state index is 9.54. The minimum atomic E-state index is -0.440. The molecule has 9 aromatic rings. The Labute approximate surface area is 272 Å². The van der Waals surface area contributed by atoms with E-state index in [1.165, 1.54) is 0 Å². The first-order valence-corrected chi connectivity index (χ1v) is 14.8. The standard InChI is InChI=1S/C44H28O/c1-3-14-29(15-4-1)32-23-13-24-33(30-16-5-2-6-17-30)43(32)44-37-21-9-7-19-35(37)42(36-20-8-10-22-38(36)44)31-26-27-41-39(28-31)34-18-11-12-25-40(34)45-41/h1-28H/i7D,8D,9D,10D,19D,20D,21D,22D. The van der Waals surface area contributed by atoms with E-state index in [-0.39, 0.29) is 45.7 Å². The Kier molecular flexibility index (Phi) is 4.30. The molecule has 0 aliphatic carbocycles. The van der Waals surface area contributed by atoms with Gasteiger partial charge in [0.2, 0.25) is 0 Å². The number of hydrogen-bond donors (Lipinski definition) is 0. The van der Waals surface area contributed by atoms with Crippen molar-refractivity contribution >= 4 is 43.5 Å². The van der Waals surface area contributed by atoms with E-state index in [0.29, 0.717) is 33.4 Å². The molecule has 0 spiro atoms. The third kappa shape index (κ3) is 4.09.